The van der Waals surface area contributed by atoms with Gasteiger partial charge in [0.05, 0.1) is 23.2 Å². The molecule has 2 aromatic carbocycles. The molecule has 0 saturated carbocycles. The monoisotopic (exact) mass is 403 g/mol. The largest absolute Gasteiger partial charge is 0.497 e. The second-order valence-corrected chi connectivity index (χ2v) is 9.47. The Hall–Kier alpha value is -1.83. The van der Waals surface area contributed by atoms with Gasteiger partial charge in [-0.1, -0.05) is 22.8 Å². The number of nitrogens with one attached hydrogen (secondary N) is 1. The molecule has 1 N–H and O–H groups in total. The number of ether oxygens (including phenoxy) is 1. The predicted molar refractivity (Wildman–Crippen MR) is 116 cm³/mol. The van der Waals surface area contributed by atoms with Crippen molar-refractivity contribution in [1.82, 2.24) is 0 Å². The quantitative estimate of drug-likeness (QED) is 0.585. The van der Waals surface area contributed by atoms with Gasteiger partial charge in [0.2, 0.25) is 0 Å². The van der Waals surface area contributed by atoms with Gasteiger partial charge in [-0.05, 0) is 75.8 Å². The van der Waals surface area contributed by atoms with Crippen molar-refractivity contribution in [3.63, 3.8) is 0 Å². The summed E-state index contributed by atoms with van der Waals surface area (Å²) in [5, 5.41) is 1.94. The van der Waals surface area contributed by atoms with Gasteiger partial charge in [0.1, 0.15) is 11.6 Å². The van der Waals surface area contributed by atoms with Crippen LogP contribution < -0.4 is 14.9 Å². The first-order valence-corrected chi connectivity index (χ1v) is 10.5. The molecule has 0 bridgehead atoms. The lowest BCUT2D eigenvalue weighted by Crippen LogP contribution is -2.41. The molecule has 1 aliphatic heterocycles. The molecular formula is C21H27BFNO3S. The molecule has 2 aromatic rings. The number of hydrogen-bond donors (Lipinski definition) is 1. The summed E-state index contributed by atoms with van der Waals surface area (Å²) in [6.07, 6.45) is 0. The SMILES string of the molecule is C/C=S(/Nc1ccc(B2OC(C)(C)C(C)(C)O2)cc1)c1cc(OC)ccc1F. The van der Waals surface area contributed by atoms with E-state index >= 15 is 0 Å². The Balaban J connectivity index is 1.77. The van der Waals surface area contributed by atoms with E-state index in [0.29, 0.717) is 10.6 Å². The van der Waals surface area contributed by atoms with E-state index < -0.39 is 17.8 Å². The van der Waals surface area contributed by atoms with E-state index in [1.54, 1.807) is 19.2 Å². The van der Waals surface area contributed by atoms with Crippen molar-refractivity contribution in [2.45, 2.75) is 50.7 Å². The average molecular weight is 403 g/mol. The van der Waals surface area contributed by atoms with Crippen LogP contribution in [0, 0.1) is 5.82 Å². The van der Waals surface area contributed by atoms with E-state index in [0.717, 1.165) is 11.2 Å². The Morgan fingerprint density at radius 3 is 2.18 bits per heavy atom. The third kappa shape index (κ3) is 4.11. The second kappa shape index (κ2) is 7.89. The van der Waals surface area contributed by atoms with E-state index in [1.807, 2.05) is 64.3 Å². The third-order valence-electron chi connectivity index (χ3n) is 5.27. The Morgan fingerprint density at radius 1 is 1.04 bits per heavy atom. The summed E-state index contributed by atoms with van der Waals surface area (Å²) in [5.74, 6) is 0.372. The van der Waals surface area contributed by atoms with Crippen molar-refractivity contribution >= 4 is 34.3 Å². The molecular weight excluding hydrogens is 376 g/mol. The lowest BCUT2D eigenvalue weighted by atomic mass is 9.79. The normalized spacial score (nSPS) is 18.9. The van der Waals surface area contributed by atoms with Crippen LogP contribution in [0.2, 0.25) is 0 Å². The Bertz CT molecular complexity index is 868. The van der Waals surface area contributed by atoms with Crippen LogP contribution in [-0.4, -0.2) is 30.8 Å². The summed E-state index contributed by atoms with van der Waals surface area (Å²) in [5.41, 5.74) is 1.10. The maximum Gasteiger partial charge on any atom is 0.494 e. The lowest BCUT2D eigenvalue weighted by molar-refractivity contribution is 0.00578. The highest BCUT2D eigenvalue weighted by Gasteiger charge is 2.51. The number of anilines is 1. The standard InChI is InChI=1S/C21H27BFNO3S/c1-7-28(19-14-17(25-6)12-13-18(19)23)24-16-10-8-15(9-11-16)22-26-20(2,3)21(4,5)27-22/h7-14,24H,1-6H3. The average Bonchev–Trinajstić information content (AvgIpc) is 2.88. The fraction of sp³-hybridized carbons (Fsp3) is 0.381. The first-order chi connectivity index (χ1) is 13.2. The number of benzene rings is 2. The van der Waals surface area contributed by atoms with Gasteiger partial charge in [0, 0.05) is 5.69 Å². The van der Waals surface area contributed by atoms with Crippen molar-refractivity contribution in [2.75, 3.05) is 11.8 Å². The number of hydrogen-bond acceptors (Lipinski definition) is 4. The van der Waals surface area contributed by atoms with Gasteiger partial charge >= 0.3 is 7.12 Å². The molecule has 7 heteroatoms. The molecule has 1 aliphatic rings. The molecule has 1 atom stereocenters. The molecule has 0 radical (unpaired) electrons. The molecule has 0 aromatic heterocycles. The number of methoxy groups -OCH3 is 1. The van der Waals surface area contributed by atoms with Crippen molar-refractivity contribution in [3.05, 3.63) is 48.3 Å². The highest BCUT2D eigenvalue weighted by Crippen LogP contribution is 2.37. The van der Waals surface area contributed by atoms with Crippen molar-refractivity contribution < 1.29 is 18.4 Å². The van der Waals surface area contributed by atoms with Crippen LogP contribution in [0.1, 0.15) is 34.6 Å². The summed E-state index contributed by atoms with van der Waals surface area (Å²) in [4.78, 5) is 0.567. The van der Waals surface area contributed by atoms with E-state index in [9.17, 15) is 4.39 Å². The van der Waals surface area contributed by atoms with E-state index in [1.165, 1.54) is 6.07 Å². The molecule has 4 nitrogen and oxygen atoms in total. The highest BCUT2D eigenvalue weighted by atomic mass is 32.2. The van der Waals surface area contributed by atoms with E-state index in [4.69, 9.17) is 14.0 Å². The van der Waals surface area contributed by atoms with Crippen molar-refractivity contribution in [2.24, 2.45) is 0 Å². The van der Waals surface area contributed by atoms with Gasteiger partial charge in [-0.3, -0.25) is 0 Å². The zero-order valence-corrected chi connectivity index (χ0v) is 18.0. The zero-order valence-electron chi connectivity index (χ0n) is 17.2. The summed E-state index contributed by atoms with van der Waals surface area (Å²) < 4.78 is 35.1. The van der Waals surface area contributed by atoms with Crippen molar-refractivity contribution in [3.8, 4) is 5.75 Å². The Kier molecular flexibility index (Phi) is 5.89. The summed E-state index contributed by atoms with van der Waals surface area (Å²) in [7, 11) is 0.583. The summed E-state index contributed by atoms with van der Waals surface area (Å²) in [6.45, 7) is 10.1. The summed E-state index contributed by atoms with van der Waals surface area (Å²) in [6, 6.07) is 12.7. The predicted octanol–water partition coefficient (Wildman–Crippen LogP) is 4.61. The summed E-state index contributed by atoms with van der Waals surface area (Å²) >= 11 is 0. The highest BCUT2D eigenvalue weighted by molar-refractivity contribution is 8.16. The minimum absolute atomic E-state index is 0.261. The van der Waals surface area contributed by atoms with Crippen LogP contribution in [0.3, 0.4) is 0 Å². The fourth-order valence-electron chi connectivity index (χ4n) is 2.83. The maximum atomic E-state index is 14.3. The van der Waals surface area contributed by atoms with Gasteiger partial charge < -0.3 is 18.8 Å². The molecule has 1 fully saturated rings. The molecule has 1 heterocycles. The molecule has 0 aliphatic carbocycles. The molecule has 3 rings (SSSR count). The van der Waals surface area contributed by atoms with Crippen LogP contribution in [-0.2, 0) is 9.31 Å². The molecule has 1 saturated heterocycles. The maximum absolute atomic E-state index is 14.3. The first kappa shape index (κ1) is 20.9. The number of rotatable bonds is 5. The van der Waals surface area contributed by atoms with Crippen molar-refractivity contribution in [1.29, 1.82) is 0 Å². The fourth-order valence-corrected chi connectivity index (χ4v) is 4.23. The van der Waals surface area contributed by atoms with Gasteiger partial charge in [0.25, 0.3) is 0 Å². The topological polar surface area (TPSA) is 39.7 Å². The molecule has 1 unspecified atom stereocenters. The Morgan fingerprint density at radius 2 is 1.64 bits per heavy atom. The molecule has 0 amide bonds. The first-order valence-electron chi connectivity index (χ1n) is 9.25. The molecule has 0 spiro atoms. The van der Waals surface area contributed by atoms with Gasteiger partial charge in [-0.25, -0.2) is 4.39 Å². The minimum atomic E-state index is -0.595. The minimum Gasteiger partial charge on any atom is -0.497 e. The second-order valence-electron chi connectivity index (χ2n) is 7.68. The van der Waals surface area contributed by atoms with Crippen LogP contribution in [0.15, 0.2) is 47.4 Å². The van der Waals surface area contributed by atoms with Crippen LogP contribution in [0.5, 0.6) is 5.75 Å². The third-order valence-corrected chi connectivity index (χ3v) is 6.99. The van der Waals surface area contributed by atoms with Crippen LogP contribution in [0.25, 0.3) is 0 Å². The molecule has 150 valence electrons. The zero-order chi connectivity index (χ0) is 20.5. The lowest BCUT2D eigenvalue weighted by Gasteiger charge is -2.32. The van der Waals surface area contributed by atoms with Gasteiger partial charge in [0.15, 0.2) is 0 Å². The van der Waals surface area contributed by atoms with Gasteiger partial charge in [-0.2, -0.15) is 0 Å². The molecule has 28 heavy (non-hydrogen) atoms. The van der Waals surface area contributed by atoms with Crippen LogP contribution >= 0.6 is 10.7 Å². The van der Waals surface area contributed by atoms with Crippen LogP contribution in [0.4, 0.5) is 10.1 Å². The number of halogens is 1. The smallest absolute Gasteiger partial charge is 0.494 e. The van der Waals surface area contributed by atoms with E-state index in [-0.39, 0.29) is 17.0 Å². The van der Waals surface area contributed by atoms with Gasteiger partial charge in [-0.15, -0.1) is 0 Å². The Labute approximate surface area is 169 Å². The van der Waals surface area contributed by atoms with E-state index in [2.05, 4.69) is 4.72 Å².